The maximum Gasteiger partial charge on any atom is 0.267 e. The highest BCUT2D eigenvalue weighted by molar-refractivity contribution is 9.10. The summed E-state index contributed by atoms with van der Waals surface area (Å²) in [4.78, 5) is 0. The van der Waals surface area contributed by atoms with Crippen LogP contribution in [0.4, 0.5) is 13.2 Å². The SMILES string of the molecule is CC(C)(C)[S+]([O-])N=Cc1ccc(Br)c(F)c1C(F)F. The normalized spacial score (nSPS) is 14.4. The van der Waals surface area contributed by atoms with Gasteiger partial charge in [-0.05, 0) is 42.8 Å². The van der Waals surface area contributed by atoms with Gasteiger partial charge in [-0.1, -0.05) is 10.5 Å². The van der Waals surface area contributed by atoms with E-state index in [2.05, 4.69) is 20.3 Å². The minimum atomic E-state index is -2.97. The lowest BCUT2D eigenvalue weighted by Crippen LogP contribution is -2.25. The average Bonchev–Trinajstić information content (AvgIpc) is 2.28. The first-order valence-corrected chi connectivity index (χ1v) is 7.26. The van der Waals surface area contributed by atoms with Crippen molar-refractivity contribution in [2.45, 2.75) is 31.9 Å². The van der Waals surface area contributed by atoms with Crippen LogP contribution < -0.4 is 0 Å². The zero-order valence-electron chi connectivity index (χ0n) is 10.6. The Morgan fingerprint density at radius 1 is 1.37 bits per heavy atom. The maximum atomic E-state index is 13.6. The molecule has 0 aliphatic carbocycles. The standard InChI is InChI=1S/C12H13BrF3NOS/c1-12(2,3)19(18)17-6-7-4-5-8(13)10(14)9(7)11(15)16/h4-6,11H,1-3H3. The second-order valence-corrected chi connectivity index (χ2v) is 7.55. The number of rotatable bonds is 3. The first kappa shape index (κ1) is 16.5. The molecule has 0 N–H and O–H groups in total. The molecule has 1 atom stereocenters. The van der Waals surface area contributed by atoms with Gasteiger partial charge >= 0.3 is 0 Å². The predicted octanol–water partition coefficient (Wildman–Crippen LogP) is 4.41. The molecule has 0 amide bonds. The van der Waals surface area contributed by atoms with Crippen molar-refractivity contribution in [3.05, 3.63) is 33.5 Å². The summed E-state index contributed by atoms with van der Waals surface area (Å²) in [5.74, 6) is -1.03. The van der Waals surface area contributed by atoms with Crippen LogP contribution >= 0.6 is 15.9 Å². The van der Waals surface area contributed by atoms with Crippen LogP contribution in [-0.4, -0.2) is 15.5 Å². The molecule has 0 radical (unpaired) electrons. The van der Waals surface area contributed by atoms with Crippen LogP contribution in [0.1, 0.15) is 38.3 Å². The fourth-order valence-electron chi connectivity index (χ4n) is 1.18. The Kier molecular flexibility index (Phi) is 5.46. The molecule has 0 bridgehead atoms. The summed E-state index contributed by atoms with van der Waals surface area (Å²) in [5, 5.41) is 0. The summed E-state index contributed by atoms with van der Waals surface area (Å²) >= 11 is 1.27. The van der Waals surface area contributed by atoms with Crippen molar-refractivity contribution in [1.82, 2.24) is 0 Å². The van der Waals surface area contributed by atoms with Crippen molar-refractivity contribution >= 4 is 33.5 Å². The Balaban J connectivity index is 3.15. The molecular weight excluding hydrogens is 343 g/mol. The van der Waals surface area contributed by atoms with E-state index in [1.54, 1.807) is 20.8 Å². The van der Waals surface area contributed by atoms with Crippen LogP contribution in [0.25, 0.3) is 0 Å². The quantitative estimate of drug-likeness (QED) is 0.584. The molecule has 0 aliphatic rings. The Bertz CT molecular complexity index is 489. The summed E-state index contributed by atoms with van der Waals surface area (Å²) < 4.78 is 54.0. The molecular formula is C12H13BrF3NOS. The van der Waals surface area contributed by atoms with Crippen molar-refractivity contribution in [3.8, 4) is 0 Å². The number of benzene rings is 1. The fourth-order valence-corrected chi connectivity index (χ4v) is 2.05. The second kappa shape index (κ2) is 6.28. The van der Waals surface area contributed by atoms with Gasteiger partial charge in [0.05, 0.1) is 16.3 Å². The molecule has 106 valence electrons. The smallest absolute Gasteiger partial charge is 0.267 e. The summed E-state index contributed by atoms with van der Waals surface area (Å²) in [5.41, 5.74) is -0.822. The predicted molar refractivity (Wildman–Crippen MR) is 74.5 cm³/mol. The van der Waals surface area contributed by atoms with E-state index in [1.165, 1.54) is 12.1 Å². The average molecular weight is 356 g/mol. The number of nitrogens with zero attached hydrogens (tertiary/aromatic N) is 1. The Labute approximate surface area is 121 Å². The molecule has 0 aliphatic heterocycles. The molecule has 0 spiro atoms. The van der Waals surface area contributed by atoms with Gasteiger partial charge in [0.2, 0.25) is 0 Å². The van der Waals surface area contributed by atoms with Gasteiger partial charge in [-0.25, -0.2) is 13.2 Å². The van der Waals surface area contributed by atoms with Crippen molar-refractivity contribution in [2.75, 3.05) is 0 Å². The molecule has 1 aromatic carbocycles. The van der Waals surface area contributed by atoms with Crippen molar-refractivity contribution in [2.24, 2.45) is 4.40 Å². The molecule has 7 heteroatoms. The van der Waals surface area contributed by atoms with Crippen LogP contribution in [0.2, 0.25) is 0 Å². The largest absolute Gasteiger partial charge is 0.591 e. The van der Waals surface area contributed by atoms with E-state index < -0.39 is 33.9 Å². The van der Waals surface area contributed by atoms with Gasteiger partial charge in [-0.3, -0.25) is 0 Å². The van der Waals surface area contributed by atoms with Crippen molar-refractivity contribution < 1.29 is 17.7 Å². The van der Waals surface area contributed by atoms with E-state index in [0.29, 0.717) is 0 Å². The highest BCUT2D eigenvalue weighted by Crippen LogP contribution is 2.30. The van der Waals surface area contributed by atoms with E-state index in [0.717, 1.165) is 6.21 Å². The van der Waals surface area contributed by atoms with E-state index in [-0.39, 0.29) is 10.0 Å². The lowest BCUT2D eigenvalue weighted by Gasteiger charge is -2.18. The third-order valence-corrected chi connectivity index (χ3v) is 4.15. The lowest BCUT2D eigenvalue weighted by atomic mass is 10.1. The molecule has 1 unspecified atom stereocenters. The molecule has 0 saturated carbocycles. The molecule has 1 rings (SSSR count). The van der Waals surface area contributed by atoms with E-state index in [4.69, 9.17) is 0 Å². The van der Waals surface area contributed by atoms with E-state index >= 15 is 0 Å². The first-order valence-electron chi connectivity index (χ1n) is 5.36. The number of alkyl halides is 2. The highest BCUT2D eigenvalue weighted by Gasteiger charge is 2.26. The van der Waals surface area contributed by atoms with Crippen LogP contribution in [0, 0.1) is 5.82 Å². The van der Waals surface area contributed by atoms with Crippen LogP contribution in [0.5, 0.6) is 0 Å². The summed E-state index contributed by atoms with van der Waals surface area (Å²) in [7, 11) is 0. The van der Waals surface area contributed by atoms with Gasteiger partial charge in [-0.15, -0.1) is 0 Å². The second-order valence-electron chi connectivity index (χ2n) is 4.76. The van der Waals surface area contributed by atoms with Gasteiger partial charge < -0.3 is 4.55 Å². The Hall–Kier alpha value is -0.530. The number of hydrogen-bond acceptors (Lipinski definition) is 2. The van der Waals surface area contributed by atoms with Crippen molar-refractivity contribution in [1.29, 1.82) is 0 Å². The van der Waals surface area contributed by atoms with Gasteiger partial charge in [0.25, 0.3) is 6.43 Å². The number of hydrogen-bond donors (Lipinski definition) is 0. The molecule has 1 aromatic rings. The summed E-state index contributed by atoms with van der Waals surface area (Å²) in [6.45, 7) is 5.11. The lowest BCUT2D eigenvalue weighted by molar-refractivity contribution is 0.146. The summed E-state index contributed by atoms with van der Waals surface area (Å²) in [6.07, 6.45) is -1.94. The zero-order chi connectivity index (χ0) is 14.8. The monoisotopic (exact) mass is 355 g/mol. The minimum absolute atomic E-state index is 0.0445. The highest BCUT2D eigenvalue weighted by atomic mass is 79.9. The van der Waals surface area contributed by atoms with Gasteiger partial charge in [0, 0.05) is 5.56 Å². The van der Waals surface area contributed by atoms with Crippen LogP contribution in [0.3, 0.4) is 0 Å². The molecule has 0 heterocycles. The van der Waals surface area contributed by atoms with E-state index in [9.17, 15) is 17.7 Å². The molecule has 19 heavy (non-hydrogen) atoms. The molecule has 2 nitrogen and oxygen atoms in total. The Morgan fingerprint density at radius 2 is 1.95 bits per heavy atom. The third-order valence-electron chi connectivity index (χ3n) is 2.20. The zero-order valence-corrected chi connectivity index (χ0v) is 13.0. The minimum Gasteiger partial charge on any atom is -0.591 e. The fraction of sp³-hybridized carbons (Fsp3) is 0.417. The molecule has 0 aromatic heterocycles. The Morgan fingerprint density at radius 3 is 2.42 bits per heavy atom. The maximum absolute atomic E-state index is 13.6. The molecule has 0 fully saturated rings. The number of halogens is 4. The van der Waals surface area contributed by atoms with Gasteiger partial charge in [-0.2, -0.15) is 0 Å². The van der Waals surface area contributed by atoms with Crippen LogP contribution in [0.15, 0.2) is 21.0 Å². The van der Waals surface area contributed by atoms with Crippen molar-refractivity contribution in [3.63, 3.8) is 0 Å². The first-order chi connectivity index (χ1) is 8.64. The van der Waals surface area contributed by atoms with Gasteiger partial charge in [0.1, 0.15) is 21.9 Å². The third kappa shape index (κ3) is 4.22. The van der Waals surface area contributed by atoms with Gasteiger partial charge in [0.15, 0.2) is 0 Å². The molecule has 0 saturated heterocycles. The topological polar surface area (TPSA) is 35.4 Å². The van der Waals surface area contributed by atoms with E-state index in [1.807, 2.05) is 0 Å². The summed E-state index contributed by atoms with van der Waals surface area (Å²) in [6, 6.07) is 2.61. The van der Waals surface area contributed by atoms with Crippen LogP contribution in [-0.2, 0) is 11.4 Å².